The number of hydrogen-bond donors (Lipinski definition) is 0. The molecular formula is C13H16O2S. The number of hydrogen-bond acceptors (Lipinski definition) is 3. The van der Waals surface area contributed by atoms with E-state index in [0.29, 0.717) is 6.61 Å². The Morgan fingerprint density at radius 3 is 3.00 bits per heavy atom. The van der Waals surface area contributed by atoms with Crippen LogP contribution in [0.4, 0.5) is 0 Å². The Kier molecular flexibility index (Phi) is 5.66. The van der Waals surface area contributed by atoms with Gasteiger partial charge in [0.25, 0.3) is 0 Å². The van der Waals surface area contributed by atoms with Gasteiger partial charge in [-0.2, -0.15) is 0 Å². The van der Waals surface area contributed by atoms with E-state index in [2.05, 4.69) is 24.8 Å². The second-order valence-electron chi connectivity index (χ2n) is 3.35. The van der Waals surface area contributed by atoms with Crippen molar-refractivity contribution in [2.24, 2.45) is 0 Å². The van der Waals surface area contributed by atoms with Crippen molar-refractivity contribution in [3.8, 4) is 11.8 Å². The summed E-state index contributed by atoms with van der Waals surface area (Å²) in [5.74, 6) is 4.94. The highest BCUT2D eigenvalue weighted by Crippen LogP contribution is 2.17. The third-order valence-electron chi connectivity index (χ3n) is 2.10. The Morgan fingerprint density at radius 2 is 2.31 bits per heavy atom. The van der Waals surface area contributed by atoms with E-state index in [0.717, 1.165) is 17.7 Å². The summed E-state index contributed by atoms with van der Waals surface area (Å²) in [4.78, 5) is 12.1. The topological polar surface area (TPSA) is 26.3 Å². The van der Waals surface area contributed by atoms with Crippen LogP contribution in [0.25, 0.3) is 0 Å². The monoisotopic (exact) mass is 236 g/mol. The third-order valence-corrected chi connectivity index (χ3v) is 2.97. The minimum absolute atomic E-state index is 0.376. The molecule has 0 atom stereocenters. The summed E-state index contributed by atoms with van der Waals surface area (Å²) in [7, 11) is 0. The SMILES string of the molecule is CCCCc1ccsc1C#CC(=O)OCC. The number of thiophene rings is 1. The minimum atomic E-state index is -0.447. The maximum atomic E-state index is 11.1. The molecule has 0 unspecified atom stereocenters. The van der Waals surface area contributed by atoms with E-state index in [9.17, 15) is 4.79 Å². The third kappa shape index (κ3) is 4.08. The Bertz CT molecular complexity index is 396. The first-order chi connectivity index (χ1) is 7.77. The summed E-state index contributed by atoms with van der Waals surface area (Å²) >= 11 is 1.58. The van der Waals surface area contributed by atoms with E-state index >= 15 is 0 Å². The van der Waals surface area contributed by atoms with Gasteiger partial charge in [0.05, 0.1) is 11.5 Å². The lowest BCUT2D eigenvalue weighted by Gasteiger charge is -1.96. The Morgan fingerprint density at radius 1 is 1.50 bits per heavy atom. The standard InChI is InChI=1S/C13H16O2S/c1-3-5-6-11-9-10-16-12(11)7-8-13(14)15-4-2/h9-10H,3-6H2,1-2H3. The fraction of sp³-hybridized carbons (Fsp3) is 0.462. The first kappa shape index (κ1) is 12.8. The van der Waals surface area contributed by atoms with Crippen molar-refractivity contribution in [1.29, 1.82) is 0 Å². The molecule has 0 spiro atoms. The van der Waals surface area contributed by atoms with Crippen molar-refractivity contribution >= 4 is 17.3 Å². The molecule has 86 valence electrons. The first-order valence-corrected chi connectivity index (χ1v) is 6.41. The molecule has 3 heteroatoms. The van der Waals surface area contributed by atoms with Crippen molar-refractivity contribution in [2.75, 3.05) is 6.61 Å². The van der Waals surface area contributed by atoms with Crippen molar-refractivity contribution in [2.45, 2.75) is 33.1 Å². The van der Waals surface area contributed by atoms with Crippen molar-refractivity contribution < 1.29 is 9.53 Å². The van der Waals surface area contributed by atoms with Gasteiger partial charge in [0.2, 0.25) is 0 Å². The van der Waals surface area contributed by atoms with Crippen LogP contribution in [0.1, 0.15) is 37.1 Å². The maximum absolute atomic E-state index is 11.1. The minimum Gasteiger partial charge on any atom is -0.456 e. The summed E-state index contributed by atoms with van der Waals surface area (Å²) in [6, 6.07) is 2.08. The zero-order valence-electron chi connectivity index (χ0n) is 9.71. The molecule has 0 aliphatic carbocycles. The second kappa shape index (κ2) is 7.08. The van der Waals surface area contributed by atoms with Crippen molar-refractivity contribution in [3.05, 3.63) is 21.9 Å². The van der Waals surface area contributed by atoms with Crippen LogP contribution in [-0.4, -0.2) is 12.6 Å². The molecule has 0 saturated heterocycles. The second-order valence-corrected chi connectivity index (χ2v) is 4.27. The molecule has 0 amide bonds. The van der Waals surface area contributed by atoms with Crippen molar-refractivity contribution in [1.82, 2.24) is 0 Å². The van der Waals surface area contributed by atoms with Gasteiger partial charge in [0, 0.05) is 5.92 Å². The molecule has 1 rings (SSSR count). The van der Waals surface area contributed by atoms with Crippen LogP contribution in [0, 0.1) is 11.8 Å². The number of esters is 1. The Hall–Kier alpha value is -1.27. The smallest absolute Gasteiger partial charge is 0.384 e. The first-order valence-electron chi connectivity index (χ1n) is 5.53. The summed E-state index contributed by atoms with van der Waals surface area (Å²) < 4.78 is 4.75. The summed E-state index contributed by atoms with van der Waals surface area (Å²) in [6.07, 6.45) is 3.36. The van der Waals surface area contributed by atoms with E-state index in [1.165, 1.54) is 12.0 Å². The predicted molar refractivity (Wildman–Crippen MR) is 66.4 cm³/mol. The molecule has 0 radical (unpaired) electrons. The number of rotatable bonds is 4. The van der Waals surface area contributed by atoms with Crippen LogP contribution in [0.5, 0.6) is 0 Å². The fourth-order valence-corrected chi connectivity index (χ4v) is 2.08. The van der Waals surface area contributed by atoms with Gasteiger partial charge in [-0.3, -0.25) is 0 Å². The van der Waals surface area contributed by atoms with Crippen LogP contribution in [0.2, 0.25) is 0 Å². The summed E-state index contributed by atoms with van der Waals surface area (Å²) in [6.45, 7) is 4.31. The van der Waals surface area contributed by atoms with E-state index in [1.54, 1.807) is 18.3 Å². The van der Waals surface area contributed by atoms with Crippen molar-refractivity contribution in [3.63, 3.8) is 0 Å². The van der Waals surface area contributed by atoms with E-state index in [-0.39, 0.29) is 0 Å². The fourth-order valence-electron chi connectivity index (χ4n) is 1.28. The molecular weight excluding hydrogens is 220 g/mol. The molecule has 0 aliphatic rings. The lowest BCUT2D eigenvalue weighted by Crippen LogP contribution is -1.99. The van der Waals surface area contributed by atoms with Crippen LogP contribution in [-0.2, 0) is 16.0 Å². The largest absolute Gasteiger partial charge is 0.456 e. The highest BCUT2D eigenvalue weighted by Gasteiger charge is 2.01. The highest BCUT2D eigenvalue weighted by molar-refractivity contribution is 7.10. The van der Waals surface area contributed by atoms with Gasteiger partial charge in [-0.25, -0.2) is 4.79 Å². The van der Waals surface area contributed by atoms with Gasteiger partial charge >= 0.3 is 5.97 Å². The number of ether oxygens (including phenoxy) is 1. The average Bonchev–Trinajstić information content (AvgIpc) is 2.71. The molecule has 0 N–H and O–H groups in total. The molecule has 0 aliphatic heterocycles. The Balaban J connectivity index is 2.65. The molecule has 1 aromatic heterocycles. The average molecular weight is 236 g/mol. The van der Waals surface area contributed by atoms with E-state index in [1.807, 2.05) is 5.38 Å². The molecule has 0 aromatic carbocycles. The lowest BCUT2D eigenvalue weighted by atomic mass is 10.1. The zero-order valence-corrected chi connectivity index (χ0v) is 10.5. The number of aryl methyl sites for hydroxylation is 1. The zero-order chi connectivity index (χ0) is 11.8. The number of unbranched alkanes of at least 4 members (excludes halogenated alkanes) is 1. The lowest BCUT2D eigenvalue weighted by molar-refractivity contribution is -0.136. The summed E-state index contributed by atoms with van der Waals surface area (Å²) in [5, 5.41) is 2.01. The van der Waals surface area contributed by atoms with Gasteiger partial charge in [0.1, 0.15) is 0 Å². The quantitative estimate of drug-likeness (QED) is 0.593. The normalized spacial score (nSPS) is 9.38. The molecule has 0 fully saturated rings. The summed E-state index contributed by atoms with van der Waals surface area (Å²) in [5.41, 5.74) is 1.24. The molecule has 2 nitrogen and oxygen atoms in total. The maximum Gasteiger partial charge on any atom is 0.384 e. The predicted octanol–water partition coefficient (Wildman–Crippen LogP) is 3.01. The van der Waals surface area contributed by atoms with Crippen LogP contribution in [0.3, 0.4) is 0 Å². The van der Waals surface area contributed by atoms with Gasteiger partial charge in [-0.1, -0.05) is 13.3 Å². The number of carbonyl (C=O) groups is 1. The van der Waals surface area contributed by atoms with Crippen LogP contribution in [0.15, 0.2) is 11.4 Å². The Labute approximate surface area is 101 Å². The van der Waals surface area contributed by atoms with Gasteiger partial charge < -0.3 is 4.74 Å². The van der Waals surface area contributed by atoms with E-state index < -0.39 is 5.97 Å². The molecule has 1 heterocycles. The van der Waals surface area contributed by atoms with Crippen LogP contribution < -0.4 is 0 Å². The van der Waals surface area contributed by atoms with Gasteiger partial charge in [0.15, 0.2) is 0 Å². The van der Waals surface area contributed by atoms with E-state index in [4.69, 9.17) is 4.74 Å². The molecule has 0 bridgehead atoms. The molecule has 1 aromatic rings. The van der Waals surface area contributed by atoms with Gasteiger partial charge in [-0.15, -0.1) is 11.3 Å². The van der Waals surface area contributed by atoms with Gasteiger partial charge in [-0.05, 0) is 42.7 Å². The van der Waals surface area contributed by atoms with Crippen LogP contribution >= 0.6 is 11.3 Å². The molecule has 0 saturated carbocycles. The molecule has 16 heavy (non-hydrogen) atoms. The number of carbonyl (C=O) groups excluding carboxylic acids is 1. The highest BCUT2D eigenvalue weighted by atomic mass is 32.1.